The average molecular weight is 183 g/mol. The molecule has 1 unspecified atom stereocenters. The molecule has 1 aliphatic rings. The molecule has 0 spiro atoms. The van der Waals surface area contributed by atoms with Crippen molar-refractivity contribution in [3.63, 3.8) is 0 Å². The Morgan fingerprint density at radius 1 is 1.62 bits per heavy atom. The molecule has 0 radical (unpaired) electrons. The van der Waals surface area contributed by atoms with Crippen LogP contribution in [0.2, 0.25) is 0 Å². The SMILES string of the molecule is C=C(C)COCCC1CCCNC1. The fourth-order valence-electron chi connectivity index (χ4n) is 1.67. The summed E-state index contributed by atoms with van der Waals surface area (Å²) >= 11 is 0. The first-order chi connectivity index (χ1) is 6.29. The van der Waals surface area contributed by atoms with E-state index in [0.29, 0.717) is 0 Å². The zero-order valence-electron chi connectivity index (χ0n) is 8.64. The summed E-state index contributed by atoms with van der Waals surface area (Å²) in [6.07, 6.45) is 3.88. The molecule has 0 aromatic carbocycles. The van der Waals surface area contributed by atoms with Crippen molar-refractivity contribution in [1.29, 1.82) is 0 Å². The Bertz CT molecular complexity index is 150. The quantitative estimate of drug-likeness (QED) is 0.520. The second-order valence-electron chi connectivity index (χ2n) is 4.01. The summed E-state index contributed by atoms with van der Waals surface area (Å²) in [6.45, 7) is 9.79. The van der Waals surface area contributed by atoms with Crippen LogP contribution in [0.4, 0.5) is 0 Å². The van der Waals surface area contributed by atoms with Crippen LogP contribution in [0.3, 0.4) is 0 Å². The minimum absolute atomic E-state index is 0.722. The Morgan fingerprint density at radius 3 is 3.08 bits per heavy atom. The van der Waals surface area contributed by atoms with Crippen molar-refractivity contribution < 1.29 is 4.74 Å². The van der Waals surface area contributed by atoms with Crippen molar-refractivity contribution in [1.82, 2.24) is 5.32 Å². The van der Waals surface area contributed by atoms with Crippen molar-refractivity contribution in [3.8, 4) is 0 Å². The predicted octanol–water partition coefficient (Wildman–Crippen LogP) is 1.97. The zero-order valence-corrected chi connectivity index (χ0v) is 8.64. The summed E-state index contributed by atoms with van der Waals surface area (Å²) in [6, 6.07) is 0. The molecule has 1 aliphatic heterocycles. The van der Waals surface area contributed by atoms with Crippen LogP contribution in [0.25, 0.3) is 0 Å². The lowest BCUT2D eigenvalue weighted by Gasteiger charge is -2.22. The van der Waals surface area contributed by atoms with Crippen molar-refractivity contribution in [2.75, 3.05) is 26.3 Å². The van der Waals surface area contributed by atoms with Crippen LogP contribution >= 0.6 is 0 Å². The Labute approximate surface area is 81.4 Å². The summed E-state index contributed by atoms with van der Waals surface area (Å²) in [5.41, 5.74) is 1.11. The maximum atomic E-state index is 5.47. The highest BCUT2D eigenvalue weighted by Crippen LogP contribution is 2.13. The molecule has 2 nitrogen and oxygen atoms in total. The maximum Gasteiger partial charge on any atom is 0.0671 e. The fraction of sp³-hybridized carbons (Fsp3) is 0.818. The fourth-order valence-corrected chi connectivity index (χ4v) is 1.67. The normalized spacial score (nSPS) is 23.0. The molecule has 0 saturated carbocycles. The first-order valence-corrected chi connectivity index (χ1v) is 5.22. The van der Waals surface area contributed by atoms with Crippen molar-refractivity contribution in [3.05, 3.63) is 12.2 Å². The molecule has 1 rings (SSSR count). The van der Waals surface area contributed by atoms with Gasteiger partial charge in [0, 0.05) is 6.61 Å². The summed E-state index contributed by atoms with van der Waals surface area (Å²) in [5.74, 6) is 0.832. The van der Waals surface area contributed by atoms with Gasteiger partial charge < -0.3 is 10.1 Å². The predicted molar refractivity (Wildman–Crippen MR) is 55.8 cm³/mol. The van der Waals surface area contributed by atoms with Gasteiger partial charge in [0.25, 0.3) is 0 Å². The van der Waals surface area contributed by atoms with Gasteiger partial charge in [-0.2, -0.15) is 0 Å². The highest BCUT2D eigenvalue weighted by atomic mass is 16.5. The molecule has 0 amide bonds. The van der Waals surface area contributed by atoms with E-state index in [2.05, 4.69) is 11.9 Å². The molecular formula is C11H21NO. The summed E-state index contributed by atoms with van der Waals surface area (Å²) in [4.78, 5) is 0. The van der Waals surface area contributed by atoms with Gasteiger partial charge in [-0.15, -0.1) is 0 Å². The molecule has 2 heteroatoms. The molecule has 1 fully saturated rings. The van der Waals surface area contributed by atoms with E-state index in [-0.39, 0.29) is 0 Å². The van der Waals surface area contributed by atoms with Gasteiger partial charge in [-0.1, -0.05) is 12.2 Å². The van der Waals surface area contributed by atoms with Crippen molar-refractivity contribution >= 4 is 0 Å². The van der Waals surface area contributed by atoms with Gasteiger partial charge in [0.1, 0.15) is 0 Å². The summed E-state index contributed by atoms with van der Waals surface area (Å²) < 4.78 is 5.47. The van der Waals surface area contributed by atoms with Crippen LogP contribution in [-0.2, 0) is 4.74 Å². The lowest BCUT2D eigenvalue weighted by molar-refractivity contribution is 0.134. The van der Waals surface area contributed by atoms with Crippen molar-refractivity contribution in [2.45, 2.75) is 26.2 Å². The Hall–Kier alpha value is -0.340. The van der Waals surface area contributed by atoms with Crippen LogP contribution in [0, 0.1) is 5.92 Å². The number of nitrogens with one attached hydrogen (secondary N) is 1. The van der Waals surface area contributed by atoms with Gasteiger partial charge in [0.15, 0.2) is 0 Å². The minimum atomic E-state index is 0.722. The second-order valence-corrected chi connectivity index (χ2v) is 4.01. The van der Waals surface area contributed by atoms with Gasteiger partial charge in [-0.25, -0.2) is 0 Å². The first-order valence-electron chi connectivity index (χ1n) is 5.22. The maximum absolute atomic E-state index is 5.47. The van der Waals surface area contributed by atoms with E-state index in [9.17, 15) is 0 Å². The zero-order chi connectivity index (χ0) is 9.52. The van der Waals surface area contributed by atoms with Gasteiger partial charge in [0.2, 0.25) is 0 Å². The molecule has 13 heavy (non-hydrogen) atoms. The van der Waals surface area contributed by atoms with Gasteiger partial charge in [-0.05, 0) is 45.2 Å². The number of hydrogen-bond acceptors (Lipinski definition) is 2. The lowest BCUT2D eigenvalue weighted by Crippen LogP contribution is -2.30. The summed E-state index contributed by atoms with van der Waals surface area (Å²) in [7, 11) is 0. The van der Waals surface area contributed by atoms with E-state index in [1.165, 1.54) is 32.4 Å². The minimum Gasteiger partial charge on any atom is -0.377 e. The number of ether oxygens (including phenoxy) is 1. The third-order valence-electron chi connectivity index (χ3n) is 2.42. The number of hydrogen-bond donors (Lipinski definition) is 1. The molecular weight excluding hydrogens is 162 g/mol. The van der Waals surface area contributed by atoms with Crippen LogP contribution in [0.1, 0.15) is 26.2 Å². The average Bonchev–Trinajstić information content (AvgIpc) is 2.14. The van der Waals surface area contributed by atoms with Crippen LogP contribution in [0.5, 0.6) is 0 Å². The number of piperidine rings is 1. The molecule has 0 aliphatic carbocycles. The molecule has 1 N–H and O–H groups in total. The molecule has 0 aromatic heterocycles. The Balaban J connectivity index is 1.95. The first kappa shape index (κ1) is 10.7. The van der Waals surface area contributed by atoms with E-state index in [0.717, 1.165) is 24.7 Å². The van der Waals surface area contributed by atoms with Crippen LogP contribution in [0.15, 0.2) is 12.2 Å². The Morgan fingerprint density at radius 2 is 2.46 bits per heavy atom. The molecule has 0 bridgehead atoms. The van der Waals surface area contributed by atoms with Crippen molar-refractivity contribution in [2.24, 2.45) is 5.92 Å². The van der Waals surface area contributed by atoms with E-state index < -0.39 is 0 Å². The van der Waals surface area contributed by atoms with Gasteiger partial charge in [-0.3, -0.25) is 0 Å². The monoisotopic (exact) mass is 183 g/mol. The van der Waals surface area contributed by atoms with Gasteiger partial charge in [0.05, 0.1) is 6.61 Å². The van der Waals surface area contributed by atoms with E-state index >= 15 is 0 Å². The summed E-state index contributed by atoms with van der Waals surface area (Å²) in [5, 5.41) is 3.41. The standard InChI is InChI=1S/C11H21NO/c1-10(2)9-13-7-5-11-4-3-6-12-8-11/h11-12H,1,3-9H2,2H3. The highest BCUT2D eigenvalue weighted by molar-refractivity contribution is 4.87. The van der Waals surface area contributed by atoms with E-state index in [4.69, 9.17) is 4.74 Å². The van der Waals surface area contributed by atoms with Crippen LogP contribution < -0.4 is 5.32 Å². The van der Waals surface area contributed by atoms with Gasteiger partial charge >= 0.3 is 0 Å². The number of rotatable bonds is 5. The van der Waals surface area contributed by atoms with E-state index in [1.54, 1.807) is 0 Å². The molecule has 1 saturated heterocycles. The molecule has 0 aromatic rings. The largest absolute Gasteiger partial charge is 0.377 e. The van der Waals surface area contributed by atoms with Crippen LogP contribution in [-0.4, -0.2) is 26.3 Å². The Kier molecular flexibility index (Phi) is 5.09. The molecule has 1 atom stereocenters. The van der Waals surface area contributed by atoms with E-state index in [1.807, 2.05) is 6.92 Å². The smallest absolute Gasteiger partial charge is 0.0671 e. The third-order valence-corrected chi connectivity index (χ3v) is 2.42. The molecule has 1 heterocycles. The molecule has 76 valence electrons. The lowest BCUT2D eigenvalue weighted by atomic mass is 9.97. The third kappa shape index (κ3) is 5.06. The topological polar surface area (TPSA) is 21.3 Å². The second kappa shape index (κ2) is 6.17. The highest BCUT2D eigenvalue weighted by Gasteiger charge is 2.11.